The Balaban J connectivity index is 2.38. The predicted octanol–water partition coefficient (Wildman–Crippen LogP) is 3.96. The summed E-state index contributed by atoms with van der Waals surface area (Å²) in [6.07, 6.45) is 1.77. The van der Waals surface area contributed by atoms with Crippen molar-refractivity contribution in [3.8, 4) is 0 Å². The topological polar surface area (TPSA) is 121 Å². The van der Waals surface area contributed by atoms with Crippen molar-refractivity contribution in [3.05, 3.63) is 70.6 Å². The second kappa shape index (κ2) is 8.65. The van der Waals surface area contributed by atoms with Crippen LogP contribution in [0, 0.1) is 19.3 Å². The Morgan fingerprint density at radius 1 is 0.935 bits per heavy atom. The van der Waals surface area contributed by atoms with E-state index >= 15 is 0 Å². The second-order valence-electron chi connectivity index (χ2n) is 6.74. The van der Waals surface area contributed by atoms with Crippen LogP contribution >= 0.6 is 23.1 Å². The Morgan fingerprint density at radius 2 is 1.42 bits per heavy atom. The molecule has 0 amide bonds. The third-order valence-electron chi connectivity index (χ3n) is 4.34. The molecule has 2 aromatic carbocycles. The number of nitrogens with two attached hydrogens (primary N) is 1. The largest absolute Gasteiger partial charge is 0.383 e. The zero-order chi connectivity index (χ0) is 23.0. The molecular weight excluding hydrogens is 475 g/mol. The van der Waals surface area contributed by atoms with Crippen molar-refractivity contribution in [1.82, 2.24) is 0 Å². The summed E-state index contributed by atoms with van der Waals surface area (Å²) in [5.41, 5.74) is 6.86. The van der Waals surface area contributed by atoms with E-state index < -0.39 is 25.9 Å². The van der Waals surface area contributed by atoms with Crippen LogP contribution in [-0.2, 0) is 20.0 Å². The van der Waals surface area contributed by atoms with Crippen LogP contribution in [0.25, 0.3) is 0 Å². The maximum atomic E-state index is 13.7. The summed E-state index contributed by atoms with van der Waals surface area (Å²) < 4.78 is 55.8. The second-order valence-corrected chi connectivity index (χ2v) is 12.7. The van der Waals surface area contributed by atoms with E-state index in [2.05, 4.69) is 0 Å². The van der Waals surface area contributed by atoms with E-state index in [1.165, 1.54) is 42.1 Å². The molecule has 1 aromatic heterocycles. The number of hydrogen-bond acceptors (Lipinski definition) is 7. The number of rotatable bonds is 7. The van der Waals surface area contributed by atoms with Crippen LogP contribution in [0.1, 0.15) is 16.0 Å². The number of amidine groups is 1. The van der Waals surface area contributed by atoms with Crippen molar-refractivity contribution < 1.29 is 16.8 Å². The number of nitrogens with zero attached hydrogens (tertiary/aromatic N) is 1. The van der Waals surface area contributed by atoms with Crippen molar-refractivity contribution in [2.45, 2.75) is 27.8 Å². The lowest BCUT2D eigenvalue weighted by Crippen LogP contribution is -2.38. The van der Waals surface area contributed by atoms with Gasteiger partial charge in [-0.1, -0.05) is 24.3 Å². The SMILES string of the molecule is CSc1cc(N(S(=O)(=O)c2cccc(C)c2)S(=O)(=O)c2cccc(C)c2)c(C(=N)N)s1. The lowest BCUT2D eigenvalue weighted by molar-refractivity contribution is 0.584. The predicted molar refractivity (Wildman–Crippen MR) is 126 cm³/mol. The van der Waals surface area contributed by atoms with Gasteiger partial charge in [0.2, 0.25) is 0 Å². The fourth-order valence-electron chi connectivity index (χ4n) is 2.92. The fraction of sp³-hybridized carbons (Fsp3) is 0.150. The van der Waals surface area contributed by atoms with Crippen molar-refractivity contribution in [1.29, 1.82) is 5.41 Å². The molecule has 0 aliphatic carbocycles. The normalized spacial score (nSPS) is 12.0. The summed E-state index contributed by atoms with van der Waals surface area (Å²) in [6.45, 7) is 3.44. The molecule has 0 unspecified atom stereocenters. The van der Waals surface area contributed by atoms with Crippen molar-refractivity contribution in [2.75, 3.05) is 9.97 Å². The number of aryl methyl sites for hydroxylation is 2. The number of hydrogen-bond donors (Lipinski definition) is 2. The number of thioether (sulfide) groups is 1. The van der Waals surface area contributed by atoms with E-state index in [-0.39, 0.29) is 20.4 Å². The van der Waals surface area contributed by atoms with E-state index in [0.717, 1.165) is 11.3 Å². The molecule has 0 atom stereocenters. The molecule has 3 N–H and O–H groups in total. The third-order valence-corrected chi connectivity index (χ3v) is 10.7. The molecule has 7 nitrogen and oxygen atoms in total. The van der Waals surface area contributed by atoms with Gasteiger partial charge in [0.15, 0.2) is 0 Å². The molecule has 164 valence electrons. The summed E-state index contributed by atoms with van der Waals surface area (Å²) >= 11 is 2.37. The van der Waals surface area contributed by atoms with E-state index in [4.69, 9.17) is 11.1 Å². The van der Waals surface area contributed by atoms with E-state index in [9.17, 15) is 16.8 Å². The van der Waals surface area contributed by atoms with Crippen LogP contribution < -0.4 is 9.44 Å². The first-order valence-electron chi connectivity index (χ1n) is 8.94. The first kappa shape index (κ1) is 23.3. The van der Waals surface area contributed by atoms with Gasteiger partial charge in [0.25, 0.3) is 20.0 Å². The number of thiophene rings is 1. The van der Waals surface area contributed by atoms with E-state index in [1.807, 2.05) is 0 Å². The first-order chi connectivity index (χ1) is 14.5. The summed E-state index contributed by atoms with van der Waals surface area (Å²) in [6, 6.07) is 13.5. The summed E-state index contributed by atoms with van der Waals surface area (Å²) in [7, 11) is -9.11. The number of anilines is 1. The minimum atomic E-state index is -4.56. The van der Waals surface area contributed by atoms with Gasteiger partial charge < -0.3 is 5.73 Å². The molecule has 11 heteroatoms. The standard InChI is InChI=1S/C20H21N3O4S4/c1-13-6-4-8-15(10-13)30(24,25)23(17-12-18(28-3)29-19(17)20(21)22)31(26,27)16-9-5-7-14(2)11-16/h4-12H,1-3H3,(H3,21,22). The van der Waals surface area contributed by atoms with Gasteiger partial charge in [-0.2, -0.15) is 3.71 Å². The Morgan fingerprint density at radius 3 is 1.81 bits per heavy atom. The van der Waals surface area contributed by atoms with Crippen molar-refractivity contribution >= 4 is 54.7 Å². The summed E-state index contributed by atoms with van der Waals surface area (Å²) in [5, 5.41) is 7.91. The Kier molecular flexibility index (Phi) is 6.51. The molecule has 0 radical (unpaired) electrons. The highest BCUT2D eigenvalue weighted by Crippen LogP contribution is 2.40. The highest BCUT2D eigenvalue weighted by molar-refractivity contribution is 8.10. The van der Waals surface area contributed by atoms with Crippen LogP contribution in [0.3, 0.4) is 0 Å². The fourth-order valence-corrected chi connectivity index (χ4v) is 8.49. The smallest absolute Gasteiger partial charge is 0.277 e. The number of sulfonamides is 2. The molecule has 0 fully saturated rings. The van der Waals surface area contributed by atoms with Gasteiger partial charge in [-0.3, -0.25) is 5.41 Å². The van der Waals surface area contributed by atoms with Crippen LogP contribution in [0.2, 0.25) is 0 Å². The van der Waals surface area contributed by atoms with Gasteiger partial charge in [-0.25, -0.2) is 16.8 Å². The molecule has 0 spiro atoms. The Hall–Kier alpha value is -2.34. The summed E-state index contributed by atoms with van der Waals surface area (Å²) in [4.78, 5) is -0.276. The van der Waals surface area contributed by atoms with Gasteiger partial charge in [-0.05, 0) is 61.6 Å². The highest BCUT2D eigenvalue weighted by Gasteiger charge is 2.39. The van der Waals surface area contributed by atoms with Gasteiger partial charge >= 0.3 is 0 Å². The van der Waals surface area contributed by atoms with Crippen LogP contribution in [0.15, 0.2) is 68.6 Å². The van der Waals surface area contributed by atoms with Gasteiger partial charge in [0.05, 0.1) is 24.6 Å². The molecule has 0 saturated heterocycles. The lowest BCUT2D eigenvalue weighted by atomic mass is 10.2. The lowest BCUT2D eigenvalue weighted by Gasteiger charge is -2.24. The third kappa shape index (κ3) is 4.49. The maximum absolute atomic E-state index is 13.7. The molecular formula is C20H21N3O4S4. The minimum absolute atomic E-state index is 0.0665. The van der Waals surface area contributed by atoms with Gasteiger partial charge in [-0.15, -0.1) is 23.1 Å². The van der Waals surface area contributed by atoms with Crippen LogP contribution in [-0.4, -0.2) is 28.9 Å². The van der Waals surface area contributed by atoms with Gasteiger partial charge in [0, 0.05) is 0 Å². The number of nitrogens with one attached hydrogen (secondary N) is 1. The average molecular weight is 496 g/mol. The Labute approximate surface area is 190 Å². The quantitative estimate of drug-likeness (QED) is 0.291. The monoisotopic (exact) mass is 495 g/mol. The Bertz CT molecular complexity index is 1290. The van der Waals surface area contributed by atoms with Crippen molar-refractivity contribution in [3.63, 3.8) is 0 Å². The molecule has 31 heavy (non-hydrogen) atoms. The minimum Gasteiger partial charge on any atom is -0.383 e. The molecule has 0 aliphatic heterocycles. The zero-order valence-electron chi connectivity index (χ0n) is 17.0. The molecule has 3 aromatic rings. The molecule has 0 bridgehead atoms. The molecule has 0 saturated carbocycles. The highest BCUT2D eigenvalue weighted by atomic mass is 32.3. The van der Waals surface area contributed by atoms with E-state index in [1.54, 1.807) is 44.4 Å². The average Bonchev–Trinajstić information content (AvgIpc) is 3.11. The van der Waals surface area contributed by atoms with Crippen LogP contribution in [0.5, 0.6) is 0 Å². The molecule has 0 aliphatic rings. The maximum Gasteiger partial charge on any atom is 0.277 e. The summed E-state index contributed by atoms with van der Waals surface area (Å²) in [5.74, 6) is -0.413. The van der Waals surface area contributed by atoms with Gasteiger partial charge in [0.1, 0.15) is 5.84 Å². The van der Waals surface area contributed by atoms with Crippen LogP contribution in [0.4, 0.5) is 5.69 Å². The van der Waals surface area contributed by atoms with Crippen molar-refractivity contribution in [2.24, 2.45) is 5.73 Å². The zero-order valence-corrected chi connectivity index (χ0v) is 20.3. The molecule has 1 heterocycles. The number of benzene rings is 2. The first-order valence-corrected chi connectivity index (χ1v) is 13.9. The number of nitrogen functional groups attached to an aromatic ring is 1. The van der Waals surface area contributed by atoms with E-state index in [0.29, 0.717) is 19.0 Å². The molecule has 3 rings (SSSR count).